The summed E-state index contributed by atoms with van der Waals surface area (Å²) in [5.41, 5.74) is 5.26. The molecule has 0 aliphatic heterocycles. The first-order valence-electron chi connectivity index (χ1n) is 12.1. The molecule has 5 rings (SSSR count). The van der Waals surface area contributed by atoms with Crippen molar-refractivity contribution in [1.82, 2.24) is 14.5 Å². The predicted octanol–water partition coefficient (Wildman–Crippen LogP) is 6.10. The van der Waals surface area contributed by atoms with E-state index in [-0.39, 0.29) is 0 Å². The summed E-state index contributed by atoms with van der Waals surface area (Å²) in [6.07, 6.45) is 5.63. The Kier molecular flexibility index (Phi) is 7.31. The van der Waals surface area contributed by atoms with Gasteiger partial charge < -0.3 is 14.0 Å². The van der Waals surface area contributed by atoms with Gasteiger partial charge in [0.15, 0.2) is 0 Å². The van der Waals surface area contributed by atoms with Crippen molar-refractivity contribution in [1.29, 1.82) is 0 Å². The van der Waals surface area contributed by atoms with E-state index in [9.17, 15) is 0 Å². The van der Waals surface area contributed by atoms with Crippen molar-refractivity contribution in [2.24, 2.45) is 0 Å². The highest BCUT2D eigenvalue weighted by Crippen LogP contribution is 2.40. The second kappa shape index (κ2) is 11.1. The van der Waals surface area contributed by atoms with Crippen LogP contribution in [0.4, 0.5) is 0 Å². The minimum atomic E-state index is -0.733. The summed E-state index contributed by atoms with van der Waals surface area (Å²) in [4.78, 5) is 9.06. The summed E-state index contributed by atoms with van der Waals surface area (Å²) in [7, 11) is 1.69. The molecule has 0 atom stereocenters. The molecule has 0 amide bonds. The SMILES string of the molecule is COCc1ccnc(-c2cn(CCOC(c3ccccc3)(c3ccccc3)c3ccccc3)cn2)c1. The number of rotatable bonds is 10. The largest absolute Gasteiger partial charge is 0.380 e. The lowest BCUT2D eigenvalue weighted by molar-refractivity contribution is 0.00835. The lowest BCUT2D eigenvalue weighted by Crippen LogP contribution is -2.34. The number of nitrogens with zero attached hydrogens (tertiary/aromatic N) is 3. The third-order valence-corrected chi connectivity index (χ3v) is 6.24. The molecule has 0 saturated carbocycles. The smallest absolute Gasteiger partial charge is 0.143 e. The normalized spacial score (nSPS) is 11.5. The molecule has 0 radical (unpaired) electrons. The maximum atomic E-state index is 6.88. The van der Waals surface area contributed by atoms with Gasteiger partial charge in [-0.1, -0.05) is 91.0 Å². The molecule has 0 N–H and O–H groups in total. The number of hydrogen-bond donors (Lipinski definition) is 0. The Balaban J connectivity index is 1.43. The number of hydrogen-bond acceptors (Lipinski definition) is 4. The highest BCUT2D eigenvalue weighted by Gasteiger charge is 2.37. The van der Waals surface area contributed by atoms with Gasteiger partial charge in [0.2, 0.25) is 0 Å². The van der Waals surface area contributed by atoms with Crippen LogP contribution >= 0.6 is 0 Å². The lowest BCUT2D eigenvalue weighted by Gasteiger charge is -2.36. The molecule has 36 heavy (non-hydrogen) atoms. The van der Waals surface area contributed by atoms with Crippen LogP contribution in [0.25, 0.3) is 11.4 Å². The van der Waals surface area contributed by atoms with Gasteiger partial charge in [-0.15, -0.1) is 0 Å². The van der Waals surface area contributed by atoms with Crippen LogP contribution in [0.15, 0.2) is 122 Å². The summed E-state index contributed by atoms with van der Waals surface area (Å²) in [5, 5.41) is 0. The number of aromatic nitrogens is 3. The maximum Gasteiger partial charge on any atom is 0.143 e. The molecule has 0 unspecified atom stereocenters. The molecule has 0 spiro atoms. The fourth-order valence-corrected chi connectivity index (χ4v) is 4.56. The van der Waals surface area contributed by atoms with E-state index in [4.69, 9.17) is 9.47 Å². The molecule has 0 saturated heterocycles. The Morgan fingerprint density at radius 2 is 1.31 bits per heavy atom. The summed E-state index contributed by atoms with van der Waals surface area (Å²) >= 11 is 0. The molecule has 0 bridgehead atoms. The van der Waals surface area contributed by atoms with Crippen LogP contribution in [0.3, 0.4) is 0 Å². The van der Waals surface area contributed by atoms with E-state index >= 15 is 0 Å². The summed E-state index contributed by atoms with van der Waals surface area (Å²) in [6.45, 7) is 1.69. The summed E-state index contributed by atoms with van der Waals surface area (Å²) in [5.74, 6) is 0. The van der Waals surface area contributed by atoms with Gasteiger partial charge in [-0.2, -0.15) is 0 Å². The van der Waals surface area contributed by atoms with Gasteiger partial charge in [-0.3, -0.25) is 4.98 Å². The first-order valence-corrected chi connectivity index (χ1v) is 12.1. The van der Waals surface area contributed by atoms with E-state index in [2.05, 4.69) is 82.8 Å². The van der Waals surface area contributed by atoms with E-state index in [1.807, 2.05) is 47.4 Å². The molecular formula is C31H29N3O2. The Morgan fingerprint density at radius 3 is 1.86 bits per heavy atom. The van der Waals surface area contributed by atoms with Crippen LogP contribution < -0.4 is 0 Å². The zero-order chi connectivity index (χ0) is 24.6. The van der Waals surface area contributed by atoms with E-state index in [0.717, 1.165) is 33.6 Å². The van der Waals surface area contributed by atoms with Gasteiger partial charge in [-0.25, -0.2) is 4.98 Å². The van der Waals surface area contributed by atoms with Gasteiger partial charge >= 0.3 is 0 Å². The standard InChI is InChI=1S/C31H29N3O2/c1-35-23-25-17-18-32-29(21-25)30-22-34(24-33-30)19-20-36-31(26-11-5-2-6-12-26,27-13-7-3-8-14-27)28-15-9-4-10-16-28/h2-18,21-22,24H,19-20,23H2,1H3. The van der Waals surface area contributed by atoms with Crippen LogP contribution in [0, 0.1) is 0 Å². The first-order chi connectivity index (χ1) is 17.8. The zero-order valence-corrected chi connectivity index (χ0v) is 20.3. The van der Waals surface area contributed by atoms with Crippen LogP contribution in [0.2, 0.25) is 0 Å². The molecule has 180 valence electrons. The van der Waals surface area contributed by atoms with Crippen LogP contribution in [-0.2, 0) is 28.2 Å². The van der Waals surface area contributed by atoms with Crippen LogP contribution in [0.1, 0.15) is 22.3 Å². The summed E-state index contributed by atoms with van der Waals surface area (Å²) in [6, 6.07) is 35.2. The molecule has 5 heteroatoms. The first kappa shape index (κ1) is 23.7. The molecule has 2 aromatic heterocycles. The van der Waals surface area contributed by atoms with Crippen LogP contribution in [0.5, 0.6) is 0 Å². The monoisotopic (exact) mass is 475 g/mol. The average molecular weight is 476 g/mol. The quantitative estimate of drug-likeness (QED) is 0.229. The molecule has 0 aliphatic carbocycles. The number of ether oxygens (including phenoxy) is 2. The van der Waals surface area contributed by atoms with Crippen LogP contribution in [-0.4, -0.2) is 28.3 Å². The Hall–Kier alpha value is -4.06. The number of methoxy groups -OCH3 is 1. The van der Waals surface area contributed by atoms with Crippen molar-refractivity contribution in [2.45, 2.75) is 18.8 Å². The molecular weight excluding hydrogens is 446 g/mol. The molecule has 3 aromatic carbocycles. The van der Waals surface area contributed by atoms with Crippen molar-refractivity contribution in [3.63, 3.8) is 0 Å². The fourth-order valence-electron chi connectivity index (χ4n) is 4.56. The van der Waals surface area contributed by atoms with Gasteiger partial charge in [0.1, 0.15) is 11.3 Å². The van der Waals surface area contributed by atoms with Crippen molar-refractivity contribution in [3.8, 4) is 11.4 Å². The third kappa shape index (κ3) is 4.98. The number of pyridine rings is 1. The Morgan fingerprint density at radius 1 is 0.722 bits per heavy atom. The number of benzene rings is 3. The average Bonchev–Trinajstić information content (AvgIpc) is 3.42. The minimum Gasteiger partial charge on any atom is -0.380 e. The highest BCUT2D eigenvalue weighted by molar-refractivity contribution is 5.53. The third-order valence-electron chi connectivity index (χ3n) is 6.24. The maximum absolute atomic E-state index is 6.88. The number of imidazole rings is 1. The predicted molar refractivity (Wildman–Crippen MR) is 141 cm³/mol. The Labute approximate surface area is 212 Å². The molecule has 0 fully saturated rings. The van der Waals surface area contributed by atoms with Crippen molar-refractivity contribution in [3.05, 3.63) is 144 Å². The second-order valence-corrected chi connectivity index (χ2v) is 8.61. The van der Waals surface area contributed by atoms with E-state index in [1.54, 1.807) is 13.3 Å². The van der Waals surface area contributed by atoms with Crippen molar-refractivity contribution < 1.29 is 9.47 Å². The van der Waals surface area contributed by atoms with E-state index < -0.39 is 5.60 Å². The summed E-state index contributed by atoms with van der Waals surface area (Å²) < 4.78 is 14.2. The van der Waals surface area contributed by atoms with Crippen molar-refractivity contribution >= 4 is 0 Å². The lowest BCUT2D eigenvalue weighted by atomic mass is 9.80. The van der Waals surface area contributed by atoms with Gasteiger partial charge in [0.05, 0.1) is 25.2 Å². The van der Waals surface area contributed by atoms with E-state index in [0.29, 0.717) is 19.8 Å². The highest BCUT2D eigenvalue weighted by atomic mass is 16.5. The van der Waals surface area contributed by atoms with E-state index in [1.165, 1.54) is 0 Å². The minimum absolute atomic E-state index is 0.492. The topological polar surface area (TPSA) is 49.2 Å². The van der Waals surface area contributed by atoms with Crippen molar-refractivity contribution in [2.75, 3.05) is 13.7 Å². The van der Waals surface area contributed by atoms with Gasteiger partial charge in [-0.05, 0) is 34.4 Å². The second-order valence-electron chi connectivity index (χ2n) is 8.61. The molecule has 2 heterocycles. The molecule has 5 nitrogen and oxygen atoms in total. The fraction of sp³-hybridized carbons (Fsp3) is 0.161. The molecule has 5 aromatic rings. The molecule has 0 aliphatic rings. The zero-order valence-electron chi connectivity index (χ0n) is 20.3. The Bertz CT molecular complexity index is 1270. The van der Waals surface area contributed by atoms with Gasteiger partial charge in [0.25, 0.3) is 0 Å². The van der Waals surface area contributed by atoms with Gasteiger partial charge in [0, 0.05) is 26.0 Å².